The van der Waals surface area contributed by atoms with Gasteiger partial charge in [0, 0.05) is 17.7 Å². The molecule has 14 heavy (non-hydrogen) atoms. The predicted octanol–water partition coefficient (Wildman–Crippen LogP) is 2.20. The van der Waals surface area contributed by atoms with E-state index >= 15 is 0 Å². The van der Waals surface area contributed by atoms with Crippen molar-refractivity contribution in [2.75, 3.05) is 5.43 Å². The van der Waals surface area contributed by atoms with Crippen LogP contribution in [-0.4, -0.2) is 5.78 Å². The van der Waals surface area contributed by atoms with Crippen LogP contribution in [0.5, 0.6) is 0 Å². The Morgan fingerprint density at radius 2 is 2.21 bits per heavy atom. The second kappa shape index (κ2) is 4.77. The molecule has 0 aromatic heterocycles. The van der Waals surface area contributed by atoms with E-state index in [0.29, 0.717) is 17.9 Å². The van der Waals surface area contributed by atoms with Crippen molar-refractivity contribution in [1.82, 2.24) is 0 Å². The minimum Gasteiger partial charge on any atom is -0.324 e. The molecule has 1 rings (SSSR count). The van der Waals surface area contributed by atoms with Crippen molar-refractivity contribution >= 4 is 11.5 Å². The van der Waals surface area contributed by atoms with Crippen molar-refractivity contribution in [2.24, 2.45) is 11.8 Å². The van der Waals surface area contributed by atoms with E-state index in [1.807, 2.05) is 32.0 Å². The van der Waals surface area contributed by atoms with Crippen LogP contribution in [0, 0.1) is 5.92 Å². The molecule has 0 spiro atoms. The van der Waals surface area contributed by atoms with Gasteiger partial charge in [-0.3, -0.25) is 10.6 Å². The fraction of sp³-hybridized carbons (Fsp3) is 0.364. The lowest BCUT2D eigenvalue weighted by molar-refractivity contribution is 0.0968. The highest BCUT2D eigenvalue weighted by Crippen LogP contribution is 2.13. The molecule has 0 atom stereocenters. The highest BCUT2D eigenvalue weighted by molar-refractivity contribution is 5.96. The number of anilines is 1. The van der Waals surface area contributed by atoms with E-state index in [1.165, 1.54) is 0 Å². The number of nitrogen functional groups attached to an aromatic ring is 1. The van der Waals surface area contributed by atoms with E-state index < -0.39 is 0 Å². The van der Waals surface area contributed by atoms with Crippen molar-refractivity contribution in [2.45, 2.75) is 20.3 Å². The van der Waals surface area contributed by atoms with Crippen molar-refractivity contribution in [3.63, 3.8) is 0 Å². The first-order valence-corrected chi connectivity index (χ1v) is 4.73. The number of Topliss-reactive ketones (excluding diaryl/α,β-unsaturated/α-hetero) is 1. The maximum absolute atomic E-state index is 11.7. The number of hydrogen-bond donors (Lipinski definition) is 2. The van der Waals surface area contributed by atoms with Crippen LogP contribution < -0.4 is 11.3 Å². The van der Waals surface area contributed by atoms with Crippen LogP contribution in [0.2, 0.25) is 0 Å². The van der Waals surface area contributed by atoms with Crippen molar-refractivity contribution < 1.29 is 4.79 Å². The zero-order valence-electron chi connectivity index (χ0n) is 8.58. The summed E-state index contributed by atoms with van der Waals surface area (Å²) in [5.41, 5.74) is 4.00. The number of hydrazine groups is 1. The molecule has 0 saturated heterocycles. The van der Waals surface area contributed by atoms with Gasteiger partial charge in [0.05, 0.1) is 0 Å². The topological polar surface area (TPSA) is 55.1 Å². The monoisotopic (exact) mass is 192 g/mol. The van der Waals surface area contributed by atoms with Crippen LogP contribution in [0.4, 0.5) is 5.69 Å². The van der Waals surface area contributed by atoms with Crippen LogP contribution in [0.25, 0.3) is 0 Å². The summed E-state index contributed by atoms with van der Waals surface area (Å²) in [4.78, 5) is 11.7. The van der Waals surface area contributed by atoms with E-state index in [0.717, 1.165) is 5.69 Å². The van der Waals surface area contributed by atoms with Gasteiger partial charge in [-0.2, -0.15) is 0 Å². The molecule has 76 valence electrons. The number of benzene rings is 1. The third kappa shape index (κ3) is 2.85. The summed E-state index contributed by atoms with van der Waals surface area (Å²) in [5, 5.41) is 0. The second-order valence-electron chi connectivity index (χ2n) is 3.75. The van der Waals surface area contributed by atoms with Gasteiger partial charge in [0.25, 0.3) is 0 Å². The molecule has 3 N–H and O–H groups in total. The van der Waals surface area contributed by atoms with E-state index in [2.05, 4.69) is 5.43 Å². The number of rotatable bonds is 4. The molecule has 0 bridgehead atoms. The molecular weight excluding hydrogens is 176 g/mol. The minimum absolute atomic E-state index is 0.164. The Labute approximate surface area is 84.3 Å². The van der Waals surface area contributed by atoms with Gasteiger partial charge < -0.3 is 5.43 Å². The quantitative estimate of drug-likeness (QED) is 0.437. The molecular formula is C11H16N2O. The van der Waals surface area contributed by atoms with Crippen molar-refractivity contribution in [3.05, 3.63) is 29.8 Å². The molecule has 0 aliphatic carbocycles. The molecule has 0 heterocycles. The highest BCUT2D eigenvalue weighted by atomic mass is 16.1. The number of carbonyl (C=O) groups excluding carboxylic acids is 1. The maximum Gasteiger partial charge on any atom is 0.163 e. The Morgan fingerprint density at radius 1 is 1.50 bits per heavy atom. The van der Waals surface area contributed by atoms with Gasteiger partial charge in [0.15, 0.2) is 5.78 Å². The van der Waals surface area contributed by atoms with E-state index in [9.17, 15) is 4.79 Å². The SMILES string of the molecule is CC(C)CC(=O)c1cccc(NN)c1. The minimum atomic E-state index is 0.164. The average molecular weight is 192 g/mol. The number of nitrogens with two attached hydrogens (primary N) is 1. The van der Waals surface area contributed by atoms with Gasteiger partial charge in [-0.25, -0.2) is 0 Å². The Kier molecular flexibility index (Phi) is 3.65. The van der Waals surface area contributed by atoms with Crippen LogP contribution in [0.15, 0.2) is 24.3 Å². The first-order valence-electron chi connectivity index (χ1n) is 4.73. The van der Waals surface area contributed by atoms with Gasteiger partial charge in [-0.05, 0) is 18.1 Å². The third-order valence-electron chi connectivity index (χ3n) is 1.94. The second-order valence-corrected chi connectivity index (χ2v) is 3.75. The first kappa shape index (κ1) is 10.7. The smallest absolute Gasteiger partial charge is 0.163 e. The molecule has 0 fully saturated rings. The predicted molar refractivity (Wildman–Crippen MR) is 58.0 cm³/mol. The summed E-state index contributed by atoms with van der Waals surface area (Å²) in [7, 11) is 0. The molecule has 0 radical (unpaired) electrons. The molecule has 0 aliphatic heterocycles. The Bertz CT molecular complexity index is 321. The molecule has 0 amide bonds. The lowest BCUT2D eigenvalue weighted by Crippen LogP contribution is -2.08. The number of nitrogens with one attached hydrogen (secondary N) is 1. The Hall–Kier alpha value is -1.35. The molecule has 1 aromatic rings. The summed E-state index contributed by atoms with van der Waals surface area (Å²) in [6.45, 7) is 4.06. The van der Waals surface area contributed by atoms with Gasteiger partial charge >= 0.3 is 0 Å². The molecule has 3 nitrogen and oxygen atoms in total. The average Bonchev–Trinajstić information content (AvgIpc) is 2.17. The summed E-state index contributed by atoms with van der Waals surface area (Å²) in [6.07, 6.45) is 0.577. The molecule has 0 saturated carbocycles. The van der Waals surface area contributed by atoms with Crippen molar-refractivity contribution in [3.8, 4) is 0 Å². The fourth-order valence-electron chi connectivity index (χ4n) is 1.27. The van der Waals surface area contributed by atoms with Crippen LogP contribution in [-0.2, 0) is 0 Å². The zero-order valence-corrected chi connectivity index (χ0v) is 8.58. The Morgan fingerprint density at radius 3 is 2.79 bits per heavy atom. The van der Waals surface area contributed by atoms with E-state index in [1.54, 1.807) is 6.07 Å². The van der Waals surface area contributed by atoms with E-state index in [-0.39, 0.29) is 5.78 Å². The lowest BCUT2D eigenvalue weighted by atomic mass is 10.0. The fourth-order valence-corrected chi connectivity index (χ4v) is 1.27. The molecule has 3 heteroatoms. The molecule has 0 aliphatic rings. The van der Waals surface area contributed by atoms with Gasteiger partial charge in [-0.1, -0.05) is 26.0 Å². The number of carbonyl (C=O) groups is 1. The summed E-state index contributed by atoms with van der Waals surface area (Å²) in [5.74, 6) is 5.81. The largest absolute Gasteiger partial charge is 0.324 e. The van der Waals surface area contributed by atoms with E-state index in [4.69, 9.17) is 5.84 Å². The van der Waals surface area contributed by atoms with Crippen molar-refractivity contribution in [1.29, 1.82) is 0 Å². The molecule has 1 aromatic carbocycles. The van der Waals surface area contributed by atoms with Crippen LogP contribution >= 0.6 is 0 Å². The lowest BCUT2D eigenvalue weighted by Gasteiger charge is -2.05. The summed E-state index contributed by atoms with van der Waals surface area (Å²) >= 11 is 0. The van der Waals surface area contributed by atoms with Crippen LogP contribution in [0.3, 0.4) is 0 Å². The highest BCUT2D eigenvalue weighted by Gasteiger charge is 2.07. The number of hydrogen-bond acceptors (Lipinski definition) is 3. The normalized spacial score (nSPS) is 10.3. The summed E-state index contributed by atoms with van der Waals surface area (Å²) in [6, 6.07) is 7.23. The standard InChI is InChI=1S/C11H16N2O/c1-8(2)6-11(14)9-4-3-5-10(7-9)13-12/h3-5,7-8,13H,6,12H2,1-2H3. The summed E-state index contributed by atoms with van der Waals surface area (Å²) < 4.78 is 0. The maximum atomic E-state index is 11.7. The van der Waals surface area contributed by atoms with Gasteiger partial charge in [0.2, 0.25) is 0 Å². The first-order chi connectivity index (χ1) is 6.63. The zero-order chi connectivity index (χ0) is 10.6. The molecule has 0 unspecified atom stereocenters. The number of ketones is 1. The third-order valence-corrected chi connectivity index (χ3v) is 1.94. The van der Waals surface area contributed by atoms with Gasteiger partial charge in [-0.15, -0.1) is 0 Å². The van der Waals surface area contributed by atoms with Crippen LogP contribution in [0.1, 0.15) is 30.6 Å². The van der Waals surface area contributed by atoms with Gasteiger partial charge in [0.1, 0.15) is 0 Å². The Balaban J connectivity index is 2.79.